The molecule has 0 radical (unpaired) electrons. The highest BCUT2D eigenvalue weighted by molar-refractivity contribution is 5.88. The number of rotatable bonds is 5. The Kier molecular flexibility index (Phi) is 7.06. The summed E-state index contributed by atoms with van der Waals surface area (Å²) < 4.78 is 10.0. The fourth-order valence-electron chi connectivity index (χ4n) is 2.65. The Bertz CT molecular complexity index is 441. The lowest BCUT2D eigenvalue weighted by molar-refractivity contribution is -0.137. The number of hydrogen-bond acceptors (Lipinski definition) is 5. The fourth-order valence-corrected chi connectivity index (χ4v) is 2.65. The zero-order valence-electron chi connectivity index (χ0n) is 14.6. The summed E-state index contributed by atoms with van der Waals surface area (Å²) >= 11 is 0. The van der Waals surface area contributed by atoms with Crippen LogP contribution in [0.5, 0.6) is 0 Å². The lowest BCUT2D eigenvalue weighted by Gasteiger charge is -2.37. The van der Waals surface area contributed by atoms with Gasteiger partial charge in [-0.3, -0.25) is 0 Å². The van der Waals surface area contributed by atoms with Crippen molar-refractivity contribution >= 4 is 12.1 Å². The Morgan fingerprint density at radius 1 is 1.35 bits per heavy atom. The van der Waals surface area contributed by atoms with E-state index in [1.807, 2.05) is 20.8 Å². The molecule has 1 rings (SSSR count). The smallest absolute Gasteiger partial charge is 0.410 e. The summed E-state index contributed by atoms with van der Waals surface area (Å²) in [5, 5.41) is 10.0. The second-order valence-electron chi connectivity index (χ2n) is 6.93. The number of amides is 1. The van der Waals surface area contributed by atoms with Crippen molar-refractivity contribution in [2.45, 2.75) is 70.6 Å². The number of aliphatic hydroxyl groups excluding tert-OH is 1. The predicted molar refractivity (Wildman–Crippen MR) is 87.0 cm³/mol. The van der Waals surface area contributed by atoms with E-state index in [0.717, 1.165) is 19.3 Å². The van der Waals surface area contributed by atoms with Crippen LogP contribution in [-0.4, -0.2) is 53.5 Å². The molecule has 6 heteroatoms. The van der Waals surface area contributed by atoms with Crippen LogP contribution in [0.3, 0.4) is 0 Å². The Labute approximate surface area is 138 Å². The van der Waals surface area contributed by atoms with E-state index in [-0.39, 0.29) is 17.7 Å². The van der Waals surface area contributed by atoms with Gasteiger partial charge in [-0.2, -0.15) is 0 Å². The van der Waals surface area contributed by atoms with Crippen LogP contribution in [0.15, 0.2) is 12.2 Å². The summed E-state index contributed by atoms with van der Waals surface area (Å²) in [4.78, 5) is 25.4. The minimum Gasteiger partial charge on any atom is -0.466 e. The number of esters is 1. The largest absolute Gasteiger partial charge is 0.466 e. The van der Waals surface area contributed by atoms with Crippen LogP contribution in [0.4, 0.5) is 4.79 Å². The number of methoxy groups -OCH3 is 1. The molecule has 1 amide bonds. The van der Waals surface area contributed by atoms with Crippen LogP contribution in [0, 0.1) is 0 Å². The van der Waals surface area contributed by atoms with E-state index in [1.165, 1.54) is 7.11 Å². The molecule has 1 aliphatic heterocycles. The van der Waals surface area contributed by atoms with Gasteiger partial charge in [-0.05, 0) is 52.9 Å². The molecule has 1 N–H and O–H groups in total. The third kappa shape index (κ3) is 6.22. The Balaban J connectivity index is 2.60. The summed E-state index contributed by atoms with van der Waals surface area (Å²) in [5.41, 5.74) is -0.482. The van der Waals surface area contributed by atoms with Gasteiger partial charge in [0.25, 0.3) is 0 Å². The maximum atomic E-state index is 12.3. The normalized spacial score (nSPS) is 19.9. The molecule has 0 aromatic heterocycles. The number of aliphatic hydroxyl groups is 1. The lowest BCUT2D eigenvalue weighted by atomic mass is 9.95. The van der Waals surface area contributed by atoms with E-state index in [0.29, 0.717) is 19.4 Å². The van der Waals surface area contributed by atoms with Crippen molar-refractivity contribution < 1.29 is 24.2 Å². The number of carbonyl (C=O) groups is 2. The molecule has 0 bridgehead atoms. The van der Waals surface area contributed by atoms with Gasteiger partial charge in [-0.1, -0.05) is 6.58 Å². The van der Waals surface area contributed by atoms with Gasteiger partial charge in [0.2, 0.25) is 0 Å². The molecule has 0 saturated carbocycles. The minimum absolute atomic E-state index is 0.0127. The number of piperidine rings is 1. The molecule has 1 saturated heterocycles. The quantitative estimate of drug-likeness (QED) is 0.620. The number of hydrogen-bond donors (Lipinski definition) is 1. The molecule has 1 fully saturated rings. The molecule has 0 aromatic carbocycles. The number of likely N-dealkylation sites (tertiary alicyclic amines) is 1. The monoisotopic (exact) mass is 327 g/mol. The van der Waals surface area contributed by atoms with E-state index in [2.05, 4.69) is 11.3 Å². The van der Waals surface area contributed by atoms with Crippen LogP contribution >= 0.6 is 0 Å². The van der Waals surface area contributed by atoms with E-state index < -0.39 is 17.7 Å². The third-order valence-electron chi connectivity index (χ3n) is 3.88. The lowest BCUT2D eigenvalue weighted by Crippen LogP contribution is -2.46. The molecule has 1 aliphatic rings. The van der Waals surface area contributed by atoms with Crippen LogP contribution in [0.1, 0.15) is 52.9 Å². The van der Waals surface area contributed by atoms with Crippen molar-refractivity contribution in [2.24, 2.45) is 0 Å². The summed E-state index contributed by atoms with van der Waals surface area (Å²) in [7, 11) is 1.26. The van der Waals surface area contributed by atoms with Crippen molar-refractivity contribution in [2.75, 3.05) is 13.7 Å². The van der Waals surface area contributed by atoms with E-state index in [1.54, 1.807) is 4.90 Å². The van der Waals surface area contributed by atoms with Crippen molar-refractivity contribution in [3.05, 3.63) is 12.2 Å². The summed E-state index contributed by atoms with van der Waals surface area (Å²) in [6.45, 7) is 9.75. The number of ether oxygens (including phenoxy) is 2. The fraction of sp³-hybridized carbons (Fsp3) is 0.765. The Hall–Kier alpha value is -1.56. The highest BCUT2D eigenvalue weighted by Crippen LogP contribution is 2.24. The summed E-state index contributed by atoms with van der Waals surface area (Å²) in [6.07, 6.45) is 2.55. The molecule has 0 aliphatic carbocycles. The first-order valence-corrected chi connectivity index (χ1v) is 8.10. The first kappa shape index (κ1) is 19.5. The second kappa shape index (κ2) is 8.34. The molecule has 2 atom stereocenters. The van der Waals surface area contributed by atoms with Crippen LogP contribution < -0.4 is 0 Å². The highest BCUT2D eigenvalue weighted by atomic mass is 16.6. The van der Waals surface area contributed by atoms with Crippen molar-refractivity contribution in [1.82, 2.24) is 4.90 Å². The Morgan fingerprint density at radius 2 is 2.00 bits per heavy atom. The van der Waals surface area contributed by atoms with Crippen molar-refractivity contribution in [1.29, 1.82) is 0 Å². The summed E-state index contributed by atoms with van der Waals surface area (Å²) in [5.74, 6) is -0.606. The van der Waals surface area contributed by atoms with E-state index in [9.17, 15) is 14.7 Å². The van der Waals surface area contributed by atoms with Gasteiger partial charge in [-0.25, -0.2) is 9.59 Å². The maximum absolute atomic E-state index is 12.3. The molecule has 0 spiro atoms. The minimum atomic E-state index is -0.954. The molecule has 1 heterocycles. The zero-order chi connectivity index (χ0) is 17.6. The second-order valence-corrected chi connectivity index (χ2v) is 6.93. The van der Waals surface area contributed by atoms with Gasteiger partial charge in [0, 0.05) is 12.6 Å². The molecule has 6 nitrogen and oxygen atoms in total. The van der Waals surface area contributed by atoms with Crippen molar-refractivity contribution in [3.63, 3.8) is 0 Å². The van der Waals surface area contributed by atoms with Crippen LogP contribution in [-0.2, 0) is 14.3 Å². The van der Waals surface area contributed by atoms with Gasteiger partial charge in [0.1, 0.15) is 5.60 Å². The van der Waals surface area contributed by atoms with Crippen LogP contribution in [0.2, 0.25) is 0 Å². The number of nitrogens with zero attached hydrogens (tertiary/aromatic N) is 1. The van der Waals surface area contributed by atoms with Gasteiger partial charge in [0.05, 0.1) is 18.8 Å². The number of carbonyl (C=O) groups excluding carboxylic acids is 2. The standard InChI is InChI=1S/C17H29NO5/c1-12(15(20)22-5)14(19)10-9-13-8-6-7-11-18(13)16(21)23-17(2,3)4/h13-14,19H,1,6-11H2,2-5H3. The zero-order valence-corrected chi connectivity index (χ0v) is 14.6. The van der Waals surface area contributed by atoms with Gasteiger partial charge >= 0.3 is 12.1 Å². The van der Waals surface area contributed by atoms with Gasteiger partial charge in [-0.15, -0.1) is 0 Å². The molecule has 23 heavy (non-hydrogen) atoms. The van der Waals surface area contributed by atoms with Crippen molar-refractivity contribution in [3.8, 4) is 0 Å². The molecule has 2 unspecified atom stereocenters. The maximum Gasteiger partial charge on any atom is 0.410 e. The first-order chi connectivity index (χ1) is 10.7. The molecular formula is C17H29NO5. The Morgan fingerprint density at radius 3 is 2.57 bits per heavy atom. The first-order valence-electron chi connectivity index (χ1n) is 8.10. The highest BCUT2D eigenvalue weighted by Gasteiger charge is 2.31. The topological polar surface area (TPSA) is 76.1 Å². The van der Waals surface area contributed by atoms with Gasteiger partial charge in [0.15, 0.2) is 0 Å². The average Bonchev–Trinajstić information content (AvgIpc) is 2.49. The third-order valence-corrected chi connectivity index (χ3v) is 3.88. The predicted octanol–water partition coefficient (Wildman–Crippen LogP) is 2.65. The molecule has 132 valence electrons. The van der Waals surface area contributed by atoms with Gasteiger partial charge < -0.3 is 19.5 Å². The summed E-state index contributed by atoms with van der Waals surface area (Å²) in [6, 6.07) is 0.0127. The van der Waals surface area contributed by atoms with Crippen LogP contribution in [0.25, 0.3) is 0 Å². The van der Waals surface area contributed by atoms with E-state index in [4.69, 9.17) is 4.74 Å². The average molecular weight is 327 g/mol. The molecular weight excluding hydrogens is 298 g/mol. The molecule has 0 aromatic rings. The van der Waals surface area contributed by atoms with E-state index >= 15 is 0 Å². The SMILES string of the molecule is C=C(C(=O)OC)C(O)CCC1CCCCN1C(=O)OC(C)(C)C.